The fourth-order valence-corrected chi connectivity index (χ4v) is 2.91. The van der Waals surface area contributed by atoms with E-state index in [1.165, 1.54) is 13.2 Å². The van der Waals surface area contributed by atoms with Crippen LogP contribution >= 0.6 is 11.8 Å². The number of benzene rings is 2. The van der Waals surface area contributed by atoms with Crippen LogP contribution in [-0.2, 0) is 19.1 Å². The molecule has 0 aliphatic rings. The molecule has 7 heteroatoms. The van der Waals surface area contributed by atoms with Crippen molar-refractivity contribution in [1.82, 2.24) is 0 Å². The molecule has 2 rings (SSSR count). The van der Waals surface area contributed by atoms with Crippen LogP contribution in [0.4, 0.5) is 5.69 Å². The molecule has 2 aromatic carbocycles. The van der Waals surface area contributed by atoms with E-state index >= 15 is 0 Å². The van der Waals surface area contributed by atoms with Crippen molar-refractivity contribution in [2.45, 2.75) is 11.3 Å². The first-order chi connectivity index (χ1) is 12.6. The van der Waals surface area contributed by atoms with Crippen LogP contribution in [0.2, 0.25) is 0 Å². The zero-order chi connectivity index (χ0) is 18.8. The van der Waals surface area contributed by atoms with E-state index in [0.29, 0.717) is 11.4 Å². The van der Waals surface area contributed by atoms with Gasteiger partial charge in [0, 0.05) is 10.6 Å². The third-order valence-electron chi connectivity index (χ3n) is 3.29. The third-order valence-corrected chi connectivity index (χ3v) is 4.30. The molecule has 6 nitrogen and oxygen atoms in total. The third kappa shape index (κ3) is 6.25. The molecule has 0 atom stereocenters. The van der Waals surface area contributed by atoms with Gasteiger partial charge < -0.3 is 14.8 Å². The minimum atomic E-state index is -0.559. The maximum atomic E-state index is 11.9. The van der Waals surface area contributed by atoms with Crippen LogP contribution in [0.3, 0.4) is 0 Å². The molecule has 0 unspecified atom stereocenters. The first-order valence-electron chi connectivity index (χ1n) is 7.91. The highest BCUT2D eigenvalue weighted by Gasteiger charge is 2.14. The minimum Gasteiger partial charge on any atom is -0.465 e. The van der Waals surface area contributed by atoms with Gasteiger partial charge in [-0.3, -0.25) is 9.59 Å². The molecule has 1 N–H and O–H groups in total. The van der Waals surface area contributed by atoms with E-state index in [1.54, 1.807) is 30.0 Å². The molecule has 0 bridgehead atoms. The molecule has 26 heavy (non-hydrogen) atoms. The van der Waals surface area contributed by atoms with Gasteiger partial charge in [-0.05, 0) is 24.3 Å². The minimum absolute atomic E-state index is 0.200. The van der Waals surface area contributed by atoms with E-state index in [2.05, 4.69) is 10.1 Å². The monoisotopic (exact) mass is 373 g/mol. The molecule has 136 valence electrons. The molecule has 0 aromatic heterocycles. The summed E-state index contributed by atoms with van der Waals surface area (Å²) in [4.78, 5) is 36.4. The zero-order valence-corrected chi connectivity index (χ0v) is 15.1. The Balaban J connectivity index is 1.75. The second kappa shape index (κ2) is 10.2. The Hall–Kier alpha value is -2.80. The van der Waals surface area contributed by atoms with Gasteiger partial charge in [0.2, 0.25) is 0 Å². The highest BCUT2D eigenvalue weighted by Crippen LogP contribution is 2.18. The molecule has 2 aromatic rings. The van der Waals surface area contributed by atoms with Crippen molar-refractivity contribution in [2.24, 2.45) is 0 Å². The average molecular weight is 373 g/mol. The predicted octanol–water partition coefficient (Wildman–Crippen LogP) is 3.14. The summed E-state index contributed by atoms with van der Waals surface area (Å²) in [6, 6.07) is 16.1. The Morgan fingerprint density at radius 2 is 1.69 bits per heavy atom. The van der Waals surface area contributed by atoms with Gasteiger partial charge in [-0.15, -0.1) is 11.8 Å². The maximum absolute atomic E-state index is 11.9. The standard InChI is InChI=1S/C19H19NO5S/c1-24-19(23)15-9-5-6-10-16(15)20-17(21)13-25-18(22)11-12-26-14-7-3-2-4-8-14/h2-10H,11-13H2,1H3,(H,20,21). The fraction of sp³-hybridized carbons (Fsp3) is 0.211. The highest BCUT2D eigenvalue weighted by molar-refractivity contribution is 7.99. The molecule has 0 spiro atoms. The summed E-state index contributed by atoms with van der Waals surface area (Å²) in [5, 5.41) is 2.54. The van der Waals surface area contributed by atoms with Gasteiger partial charge in [-0.2, -0.15) is 0 Å². The molecule has 0 radical (unpaired) electrons. The van der Waals surface area contributed by atoms with E-state index in [1.807, 2.05) is 30.3 Å². The number of thioether (sulfide) groups is 1. The molecule has 0 fully saturated rings. The van der Waals surface area contributed by atoms with Crippen molar-refractivity contribution < 1.29 is 23.9 Å². The Bertz CT molecular complexity index is 764. The second-order valence-corrected chi connectivity index (χ2v) is 6.33. The molecule has 0 heterocycles. The lowest BCUT2D eigenvalue weighted by Gasteiger charge is -2.10. The Kier molecular flexibility index (Phi) is 7.70. The fourth-order valence-electron chi connectivity index (χ4n) is 2.05. The molecule has 1 amide bonds. The lowest BCUT2D eigenvalue weighted by molar-refractivity contribution is -0.146. The summed E-state index contributed by atoms with van der Waals surface area (Å²) in [6.07, 6.45) is 0.200. The molecular formula is C19H19NO5S. The number of hydrogen-bond acceptors (Lipinski definition) is 6. The van der Waals surface area contributed by atoms with E-state index < -0.39 is 24.5 Å². The largest absolute Gasteiger partial charge is 0.465 e. The summed E-state index contributed by atoms with van der Waals surface area (Å²) in [5.74, 6) is -0.971. The molecule has 0 aliphatic carbocycles. The van der Waals surface area contributed by atoms with Gasteiger partial charge in [0.1, 0.15) is 0 Å². The van der Waals surface area contributed by atoms with E-state index in [4.69, 9.17) is 4.74 Å². The highest BCUT2D eigenvalue weighted by atomic mass is 32.2. The summed E-state index contributed by atoms with van der Waals surface area (Å²) < 4.78 is 9.62. The van der Waals surface area contributed by atoms with E-state index in [-0.39, 0.29) is 12.0 Å². The van der Waals surface area contributed by atoms with Gasteiger partial charge in [0.25, 0.3) is 5.91 Å². The number of amides is 1. The number of methoxy groups -OCH3 is 1. The van der Waals surface area contributed by atoms with Gasteiger partial charge in [0.05, 0.1) is 24.8 Å². The van der Waals surface area contributed by atoms with Gasteiger partial charge in [0.15, 0.2) is 6.61 Å². The summed E-state index contributed by atoms with van der Waals surface area (Å²) in [5.41, 5.74) is 0.536. The van der Waals surface area contributed by atoms with Crippen LogP contribution < -0.4 is 5.32 Å². The first kappa shape index (κ1) is 19.5. The van der Waals surface area contributed by atoms with Crippen molar-refractivity contribution in [3.8, 4) is 0 Å². The number of carbonyl (C=O) groups is 3. The zero-order valence-electron chi connectivity index (χ0n) is 14.3. The van der Waals surface area contributed by atoms with Crippen molar-refractivity contribution in [1.29, 1.82) is 0 Å². The number of carbonyl (C=O) groups excluding carboxylic acids is 3. The smallest absolute Gasteiger partial charge is 0.339 e. The quantitative estimate of drug-likeness (QED) is 0.565. The lowest BCUT2D eigenvalue weighted by atomic mass is 10.2. The Morgan fingerprint density at radius 3 is 2.42 bits per heavy atom. The van der Waals surface area contributed by atoms with Crippen molar-refractivity contribution in [3.63, 3.8) is 0 Å². The number of anilines is 1. The van der Waals surface area contributed by atoms with Crippen LogP contribution in [-0.4, -0.2) is 37.3 Å². The summed E-state index contributed by atoms with van der Waals surface area (Å²) >= 11 is 1.54. The number of ether oxygens (including phenoxy) is 2. The lowest BCUT2D eigenvalue weighted by Crippen LogP contribution is -2.22. The van der Waals surface area contributed by atoms with Crippen molar-refractivity contribution >= 4 is 35.3 Å². The topological polar surface area (TPSA) is 81.7 Å². The van der Waals surface area contributed by atoms with Crippen LogP contribution in [0, 0.1) is 0 Å². The first-order valence-corrected chi connectivity index (χ1v) is 8.89. The Labute approximate surface area is 155 Å². The van der Waals surface area contributed by atoms with Crippen LogP contribution in [0.1, 0.15) is 16.8 Å². The van der Waals surface area contributed by atoms with Crippen molar-refractivity contribution in [3.05, 3.63) is 60.2 Å². The number of esters is 2. The van der Waals surface area contributed by atoms with Crippen LogP contribution in [0.5, 0.6) is 0 Å². The summed E-state index contributed by atoms with van der Waals surface area (Å²) in [6.45, 7) is -0.412. The van der Waals surface area contributed by atoms with Gasteiger partial charge in [-0.1, -0.05) is 30.3 Å². The SMILES string of the molecule is COC(=O)c1ccccc1NC(=O)COC(=O)CCSc1ccccc1. The summed E-state index contributed by atoms with van der Waals surface area (Å²) in [7, 11) is 1.26. The van der Waals surface area contributed by atoms with Crippen LogP contribution in [0.25, 0.3) is 0 Å². The van der Waals surface area contributed by atoms with Gasteiger partial charge in [-0.25, -0.2) is 4.79 Å². The number of hydrogen-bond donors (Lipinski definition) is 1. The molecule has 0 aliphatic heterocycles. The predicted molar refractivity (Wildman–Crippen MR) is 99.2 cm³/mol. The second-order valence-electron chi connectivity index (χ2n) is 5.16. The van der Waals surface area contributed by atoms with Gasteiger partial charge >= 0.3 is 11.9 Å². The molecular weight excluding hydrogens is 354 g/mol. The Morgan fingerprint density at radius 1 is 1.00 bits per heavy atom. The maximum Gasteiger partial charge on any atom is 0.339 e. The normalized spacial score (nSPS) is 10.0. The molecule has 0 saturated heterocycles. The number of nitrogens with one attached hydrogen (secondary N) is 1. The van der Waals surface area contributed by atoms with Crippen LogP contribution in [0.15, 0.2) is 59.5 Å². The van der Waals surface area contributed by atoms with E-state index in [0.717, 1.165) is 4.90 Å². The van der Waals surface area contributed by atoms with E-state index in [9.17, 15) is 14.4 Å². The number of para-hydroxylation sites is 1. The van der Waals surface area contributed by atoms with Crippen molar-refractivity contribution in [2.75, 3.05) is 24.8 Å². The molecule has 0 saturated carbocycles. The average Bonchev–Trinajstić information content (AvgIpc) is 2.67. The number of rotatable bonds is 8.